The third-order valence-electron chi connectivity index (χ3n) is 3.49. The van der Waals surface area contributed by atoms with Gasteiger partial charge in [0.05, 0.1) is 6.54 Å². The highest BCUT2D eigenvalue weighted by Gasteiger charge is 2.24. The van der Waals surface area contributed by atoms with E-state index in [-0.39, 0.29) is 0 Å². The zero-order valence-corrected chi connectivity index (χ0v) is 12.4. The molecular weight excluding hydrogens is 250 g/mol. The molecule has 1 aromatic rings. The Balaban J connectivity index is 1.85. The van der Waals surface area contributed by atoms with Gasteiger partial charge in [0.1, 0.15) is 5.82 Å². The van der Waals surface area contributed by atoms with Crippen LogP contribution < -0.4 is 11.1 Å². The van der Waals surface area contributed by atoms with Crippen LogP contribution in [0.25, 0.3) is 0 Å². The number of nitrogens with two attached hydrogens (primary N) is 1. The molecule has 1 aliphatic heterocycles. The summed E-state index contributed by atoms with van der Waals surface area (Å²) in [6, 6.07) is 6.20. The van der Waals surface area contributed by atoms with Gasteiger partial charge in [0, 0.05) is 18.8 Å². The highest BCUT2D eigenvalue weighted by Crippen LogP contribution is 2.18. The zero-order valence-electron chi connectivity index (χ0n) is 12.4. The summed E-state index contributed by atoms with van der Waals surface area (Å²) in [5.41, 5.74) is 5.91. The molecule has 0 spiro atoms. The van der Waals surface area contributed by atoms with Gasteiger partial charge in [0.25, 0.3) is 0 Å². The lowest BCUT2D eigenvalue weighted by molar-refractivity contribution is 0.231. The number of pyridine rings is 1. The first-order valence-electron chi connectivity index (χ1n) is 7.37. The normalized spacial score (nSPS) is 20.6. The molecule has 5 nitrogen and oxygen atoms in total. The molecule has 1 fully saturated rings. The van der Waals surface area contributed by atoms with Gasteiger partial charge in [0.2, 0.25) is 0 Å². The highest BCUT2D eigenvalue weighted by molar-refractivity contribution is 5.91. The Morgan fingerprint density at radius 1 is 1.55 bits per heavy atom. The van der Waals surface area contributed by atoms with Crippen LogP contribution in [0, 0.1) is 5.92 Å². The van der Waals surface area contributed by atoms with Crippen molar-refractivity contribution in [2.24, 2.45) is 16.6 Å². The SMILES string of the molecule is CC(C)CN1CCC[C@@H]1CN=C(N)Nc1ccccn1. The van der Waals surface area contributed by atoms with Crippen molar-refractivity contribution >= 4 is 11.8 Å². The second-order valence-electron chi connectivity index (χ2n) is 5.75. The van der Waals surface area contributed by atoms with E-state index in [1.165, 1.54) is 19.4 Å². The summed E-state index contributed by atoms with van der Waals surface area (Å²) in [6.07, 6.45) is 4.21. The zero-order chi connectivity index (χ0) is 14.4. The number of aliphatic imine (C=N–C) groups is 1. The van der Waals surface area contributed by atoms with Crippen molar-refractivity contribution in [1.29, 1.82) is 0 Å². The second-order valence-corrected chi connectivity index (χ2v) is 5.75. The van der Waals surface area contributed by atoms with Crippen LogP contribution in [0.2, 0.25) is 0 Å². The summed E-state index contributed by atoms with van der Waals surface area (Å²) < 4.78 is 0. The number of nitrogens with zero attached hydrogens (tertiary/aromatic N) is 3. The van der Waals surface area contributed by atoms with Gasteiger partial charge in [0.15, 0.2) is 5.96 Å². The summed E-state index contributed by atoms with van der Waals surface area (Å²) in [7, 11) is 0. The van der Waals surface area contributed by atoms with Crippen molar-refractivity contribution in [3.05, 3.63) is 24.4 Å². The van der Waals surface area contributed by atoms with Crippen molar-refractivity contribution in [2.45, 2.75) is 32.7 Å². The first-order chi connectivity index (χ1) is 9.65. The highest BCUT2D eigenvalue weighted by atomic mass is 15.2. The van der Waals surface area contributed by atoms with Gasteiger partial charge < -0.3 is 11.1 Å². The molecule has 1 saturated heterocycles. The number of aromatic nitrogens is 1. The molecule has 0 radical (unpaired) electrons. The third kappa shape index (κ3) is 4.49. The van der Waals surface area contributed by atoms with Gasteiger partial charge in [-0.3, -0.25) is 9.89 Å². The van der Waals surface area contributed by atoms with E-state index in [1.807, 2.05) is 18.2 Å². The van der Waals surface area contributed by atoms with Crippen molar-refractivity contribution in [3.63, 3.8) is 0 Å². The summed E-state index contributed by atoms with van der Waals surface area (Å²) in [5, 5.41) is 3.02. The fourth-order valence-electron chi connectivity index (χ4n) is 2.62. The molecule has 0 bridgehead atoms. The lowest BCUT2D eigenvalue weighted by Gasteiger charge is -2.24. The standard InChI is InChI=1S/C15H25N5/c1-12(2)11-20-9-5-6-13(20)10-18-15(16)19-14-7-3-4-8-17-14/h3-4,7-8,12-13H,5-6,9-11H2,1-2H3,(H3,16,17,18,19)/t13-/m1/s1. The maximum Gasteiger partial charge on any atom is 0.194 e. The van der Waals surface area contributed by atoms with E-state index in [0.29, 0.717) is 17.9 Å². The topological polar surface area (TPSA) is 66.5 Å². The molecule has 20 heavy (non-hydrogen) atoms. The molecule has 2 heterocycles. The van der Waals surface area contributed by atoms with Crippen LogP contribution in [-0.4, -0.2) is 41.5 Å². The lowest BCUT2D eigenvalue weighted by Crippen LogP contribution is -2.35. The second kappa shape index (κ2) is 7.24. The van der Waals surface area contributed by atoms with Crippen LogP contribution >= 0.6 is 0 Å². The Labute approximate surface area is 121 Å². The fourth-order valence-corrected chi connectivity index (χ4v) is 2.62. The predicted octanol–water partition coefficient (Wildman–Crippen LogP) is 1.93. The Morgan fingerprint density at radius 3 is 3.10 bits per heavy atom. The van der Waals surface area contributed by atoms with E-state index in [9.17, 15) is 0 Å². The summed E-state index contributed by atoms with van der Waals surface area (Å²) in [6.45, 7) is 7.61. The van der Waals surface area contributed by atoms with Crippen LogP contribution in [-0.2, 0) is 0 Å². The minimum atomic E-state index is 0.445. The number of guanidine groups is 1. The van der Waals surface area contributed by atoms with Crippen molar-refractivity contribution < 1.29 is 0 Å². The fraction of sp³-hybridized carbons (Fsp3) is 0.600. The lowest BCUT2D eigenvalue weighted by atomic mass is 10.2. The van der Waals surface area contributed by atoms with Crippen molar-refractivity contribution in [3.8, 4) is 0 Å². The smallest absolute Gasteiger partial charge is 0.194 e. The molecule has 110 valence electrons. The number of nitrogens with one attached hydrogen (secondary N) is 1. The van der Waals surface area contributed by atoms with Crippen molar-refractivity contribution in [2.75, 3.05) is 25.0 Å². The molecule has 2 rings (SSSR count). The average Bonchev–Trinajstić information content (AvgIpc) is 2.84. The maximum absolute atomic E-state index is 5.91. The van der Waals surface area contributed by atoms with Gasteiger partial charge >= 0.3 is 0 Å². The van der Waals surface area contributed by atoms with Crippen LogP contribution in [0.3, 0.4) is 0 Å². The van der Waals surface area contributed by atoms with E-state index in [4.69, 9.17) is 5.73 Å². The molecule has 1 aromatic heterocycles. The predicted molar refractivity (Wildman–Crippen MR) is 83.8 cm³/mol. The Kier molecular flexibility index (Phi) is 5.35. The quantitative estimate of drug-likeness (QED) is 0.636. The molecule has 3 N–H and O–H groups in total. The van der Waals surface area contributed by atoms with Gasteiger partial charge in [-0.05, 0) is 37.4 Å². The first-order valence-corrected chi connectivity index (χ1v) is 7.37. The Hall–Kier alpha value is -1.62. The first kappa shape index (κ1) is 14.8. The largest absolute Gasteiger partial charge is 0.370 e. The number of rotatable bonds is 5. The minimum Gasteiger partial charge on any atom is -0.370 e. The molecule has 1 aliphatic rings. The van der Waals surface area contributed by atoms with E-state index in [0.717, 1.165) is 18.9 Å². The van der Waals surface area contributed by atoms with E-state index in [1.54, 1.807) is 6.20 Å². The van der Waals surface area contributed by atoms with Crippen molar-refractivity contribution in [1.82, 2.24) is 9.88 Å². The molecule has 0 unspecified atom stereocenters. The summed E-state index contributed by atoms with van der Waals surface area (Å²) in [5.74, 6) is 1.88. The molecule has 0 aromatic carbocycles. The van der Waals surface area contributed by atoms with E-state index in [2.05, 4.69) is 34.0 Å². The van der Waals surface area contributed by atoms with Crippen LogP contribution in [0.4, 0.5) is 5.82 Å². The molecular formula is C15H25N5. The minimum absolute atomic E-state index is 0.445. The number of anilines is 1. The van der Waals surface area contributed by atoms with Gasteiger partial charge in [-0.15, -0.1) is 0 Å². The maximum atomic E-state index is 5.91. The molecule has 0 amide bonds. The van der Waals surface area contributed by atoms with Gasteiger partial charge in [-0.1, -0.05) is 19.9 Å². The Morgan fingerprint density at radius 2 is 2.40 bits per heavy atom. The summed E-state index contributed by atoms with van der Waals surface area (Å²) in [4.78, 5) is 11.2. The average molecular weight is 275 g/mol. The monoisotopic (exact) mass is 275 g/mol. The summed E-state index contributed by atoms with van der Waals surface area (Å²) >= 11 is 0. The van der Waals surface area contributed by atoms with Crippen LogP contribution in [0.15, 0.2) is 29.4 Å². The van der Waals surface area contributed by atoms with Crippen LogP contribution in [0.5, 0.6) is 0 Å². The van der Waals surface area contributed by atoms with E-state index >= 15 is 0 Å². The van der Waals surface area contributed by atoms with Gasteiger partial charge in [-0.25, -0.2) is 4.98 Å². The Bertz CT molecular complexity index is 429. The molecule has 1 atom stereocenters. The van der Waals surface area contributed by atoms with Gasteiger partial charge in [-0.2, -0.15) is 0 Å². The van der Waals surface area contributed by atoms with E-state index < -0.39 is 0 Å². The third-order valence-corrected chi connectivity index (χ3v) is 3.49. The molecule has 0 aliphatic carbocycles. The number of likely N-dealkylation sites (tertiary alicyclic amines) is 1. The van der Waals surface area contributed by atoms with Crippen LogP contribution in [0.1, 0.15) is 26.7 Å². The molecule has 5 heteroatoms. The number of hydrogen-bond donors (Lipinski definition) is 2. The molecule has 0 saturated carbocycles. The number of hydrogen-bond acceptors (Lipinski definition) is 3.